The Kier molecular flexibility index (Phi) is 2.50. The van der Waals surface area contributed by atoms with Crippen molar-refractivity contribution in [1.82, 2.24) is 4.98 Å². The van der Waals surface area contributed by atoms with Gasteiger partial charge in [0.15, 0.2) is 0 Å². The number of aryl methyl sites for hydroxylation is 2. The number of rotatable bonds is 1. The van der Waals surface area contributed by atoms with E-state index in [0.717, 1.165) is 11.1 Å². The highest BCUT2D eigenvalue weighted by atomic mass is 19.1. The number of hydrogen-bond donors (Lipinski definition) is 0. The van der Waals surface area contributed by atoms with E-state index in [1.807, 2.05) is 32.0 Å². The fourth-order valence-electron chi connectivity index (χ4n) is 1.79. The molecule has 0 fully saturated rings. The lowest BCUT2D eigenvalue weighted by Gasteiger charge is -2.08. The van der Waals surface area contributed by atoms with Crippen LogP contribution >= 0.6 is 0 Å². The third-order valence-electron chi connectivity index (χ3n) is 2.50. The zero-order chi connectivity index (χ0) is 10.8. The summed E-state index contributed by atoms with van der Waals surface area (Å²) in [6.45, 7) is 4.09. The fourth-order valence-corrected chi connectivity index (χ4v) is 1.79. The monoisotopic (exact) mass is 201 g/mol. The van der Waals surface area contributed by atoms with Crippen LogP contribution in [0.25, 0.3) is 11.1 Å². The molecule has 0 saturated heterocycles. The van der Waals surface area contributed by atoms with Gasteiger partial charge in [-0.3, -0.25) is 0 Å². The molecule has 2 rings (SSSR count). The molecule has 76 valence electrons. The van der Waals surface area contributed by atoms with Crippen LogP contribution in [0.15, 0.2) is 36.5 Å². The molecule has 0 spiro atoms. The zero-order valence-electron chi connectivity index (χ0n) is 8.79. The second-order valence-electron chi connectivity index (χ2n) is 3.64. The molecule has 1 nitrogen and oxygen atoms in total. The molecule has 1 heterocycles. The summed E-state index contributed by atoms with van der Waals surface area (Å²) >= 11 is 0. The molecule has 0 N–H and O–H groups in total. The van der Waals surface area contributed by atoms with Gasteiger partial charge in [0.25, 0.3) is 0 Å². The highest BCUT2D eigenvalue weighted by molar-refractivity contribution is 5.69. The minimum absolute atomic E-state index is 0.440. The lowest BCUT2D eigenvalue weighted by Crippen LogP contribution is -1.89. The van der Waals surface area contributed by atoms with Crippen LogP contribution in [0.4, 0.5) is 4.39 Å². The largest absolute Gasteiger partial charge is 0.228 e. The summed E-state index contributed by atoms with van der Waals surface area (Å²) in [5, 5.41) is 0. The van der Waals surface area contributed by atoms with Gasteiger partial charge in [-0.25, -0.2) is 4.98 Å². The number of benzene rings is 1. The van der Waals surface area contributed by atoms with Crippen molar-refractivity contribution in [3.8, 4) is 11.1 Å². The number of hydrogen-bond acceptors (Lipinski definition) is 1. The van der Waals surface area contributed by atoms with Gasteiger partial charge >= 0.3 is 0 Å². The highest BCUT2D eigenvalue weighted by Crippen LogP contribution is 2.26. The highest BCUT2D eigenvalue weighted by Gasteiger charge is 2.05. The molecule has 0 aliphatic carbocycles. The van der Waals surface area contributed by atoms with Gasteiger partial charge in [0.05, 0.1) is 0 Å². The van der Waals surface area contributed by atoms with Crippen molar-refractivity contribution in [3.05, 3.63) is 53.6 Å². The van der Waals surface area contributed by atoms with Crippen LogP contribution in [0.1, 0.15) is 11.1 Å². The van der Waals surface area contributed by atoms with E-state index >= 15 is 0 Å². The maximum absolute atomic E-state index is 12.7. The maximum atomic E-state index is 12.7. The Morgan fingerprint density at radius 2 is 1.67 bits per heavy atom. The van der Waals surface area contributed by atoms with Crippen molar-refractivity contribution >= 4 is 0 Å². The Morgan fingerprint density at radius 1 is 1.00 bits per heavy atom. The van der Waals surface area contributed by atoms with Gasteiger partial charge in [0.1, 0.15) is 0 Å². The Bertz CT molecular complexity index is 454. The third-order valence-corrected chi connectivity index (χ3v) is 2.50. The van der Waals surface area contributed by atoms with E-state index in [9.17, 15) is 4.39 Å². The van der Waals surface area contributed by atoms with Gasteiger partial charge in [0, 0.05) is 11.8 Å². The predicted molar refractivity (Wildman–Crippen MR) is 59.1 cm³/mol. The van der Waals surface area contributed by atoms with E-state index in [1.54, 1.807) is 12.3 Å². The first-order chi connectivity index (χ1) is 7.18. The van der Waals surface area contributed by atoms with Gasteiger partial charge in [0.2, 0.25) is 5.95 Å². The molecule has 0 aliphatic heterocycles. The molecule has 0 saturated carbocycles. The van der Waals surface area contributed by atoms with Crippen LogP contribution in [-0.4, -0.2) is 4.98 Å². The summed E-state index contributed by atoms with van der Waals surface area (Å²) in [6.07, 6.45) is 1.57. The summed E-state index contributed by atoms with van der Waals surface area (Å²) in [7, 11) is 0. The van der Waals surface area contributed by atoms with Crippen molar-refractivity contribution < 1.29 is 4.39 Å². The smallest absolute Gasteiger partial charge is 0.212 e. The van der Waals surface area contributed by atoms with Crippen molar-refractivity contribution in [2.45, 2.75) is 13.8 Å². The summed E-state index contributed by atoms with van der Waals surface area (Å²) in [6, 6.07) is 9.27. The van der Waals surface area contributed by atoms with Gasteiger partial charge < -0.3 is 0 Å². The number of aromatic nitrogens is 1. The molecular weight excluding hydrogens is 189 g/mol. The number of halogens is 1. The van der Waals surface area contributed by atoms with Crippen molar-refractivity contribution in [1.29, 1.82) is 0 Å². The minimum atomic E-state index is -0.440. The minimum Gasteiger partial charge on any atom is -0.228 e. The number of pyridine rings is 1. The van der Waals surface area contributed by atoms with Gasteiger partial charge in [-0.1, -0.05) is 18.2 Å². The van der Waals surface area contributed by atoms with Crippen molar-refractivity contribution in [3.63, 3.8) is 0 Å². The Labute approximate surface area is 88.6 Å². The third kappa shape index (κ3) is 1.89. The predicted octanol–water partition coefficient (Wildman–Crippen LogP) is 3.50. The van der Waals surface area contributed by atoms with Crippen LogP contribution in [-0.2, 0) is 0 Å². The second-order valence-corrected chi connectivity index (χ2v) is 3.64. The van der Waals surface area contributed by atoms with Crippen LogP contribution in [0.2, 0.25) is 0 Å². The van der Waals surface area contributed by atoms with Crippen LogP contribution in [0, 0.1) is 19.8 Å². The maximum Gasteiger partial charge on any atom is 0.212 e. The molecule has 0 amide bonds. The van der Waals surface area contributed by atoms with E-state index < -0.39 is 5.95 Å². The lowest BCUT2D eigenvalue weighted by atomic mass is 9.97. The average Bonchev–Trinajstić information content (AvgIpc) is 2.20. The summed E-state index contributed by atoms with van der Waals surface area (Å²) in [5.74, 6) is -0.440. The topological polar surface area (TPSA) is 12.9 Å². The molecule has 1 aromatic heterocycles. The van der Waals surface area contributed by atoms with E-state index in [2.05, 4.69) is 4.98 Å². The Hall–Kier alpha value is -1.70. The van der Waals surface area contributed by atoms with Crippen molar-refractivity contribution in [2.75, 3.05) is 0 Å². The number of nitrogens with zero attached hydrogens (tertiary/aromatic N) is 1. The molecular formula is C13H12FN. The molecule has 0 unspecified atom stereocenters. The molecule has 15 heavy (non-hydrogen) atoms. The Morgan fingerprint density at radius 3 is 2.20 bits per heavy atom. The molecule has 0 radical (unpaired) electrons. The molecule has 0 atom stereocenters. The second kappa shape index (κ2) is 3.81. The lowest BCUT2D eigenvalue weighted by molar-refractivity contribution is 0.584. The van der Waals surface area contributed by atoms with Gasteiger partial charge in [-0.15, -0.1) is 0 Å². The summed E-state index contributed by atoms with van der Waals surface area (Å²) in [5.41, 5.74) is 4.48. The SMILES string of the molecule is Cc1cccc(C)c1-c1ccc(F)nc1. The molecule has 2 heteroatoms. The average molecular weight is 201 g/mol. The van der Waals surface area contributed by atoms with Crippen LogP contribution in [0.5, 0.6) is 0 Å². The quantitative estimate of drug-likeness (QED) is 0.643. The van der Waals surface area contributed by atoms with E-state index in [4.69, 9.17) is 0 Å². The normalized spacial score (nSPS) is 10.3. The van der Waals surface area contributed by atoms with Gasteiger partial charge in [-0.2, -0.15) is 4.39 Å². The van der Waals surface area contributed by atoms with E-state index in [1.165, 1.54) is 17.2 Å². The fraction of sp³-hybridized carbons (Fsp3) is 0.154. The first kappa shape index (κ1) is 9.84. The van der Waals surface area contributed by atoms with Crippen molar-refractivity contribution in [2.24, 2.45) is 0 Å². The van der Waals surface area contributed by atoms with Crippen LogP contribution in [0.3, 0.4) is 0 Å². The molecule has 0 aliphatic rings. The molecule has 0 bridgehead atoms. The van der Waals surface area contributed by atoms with Crippen LogP contribution < -0.4 is 0 Å². The van der Waals surface area contributed by atoms with Gasteiger partial charge in [-0.05, 0) is 42.7 Å². The standard InChI is InChI=1S/C13H12FN/c1-9-4-3-5-10(2)13(9)11-6-7-12(14)15-8-11/h3-8H,1-2H3. The first-order valence-corrected chi connectivity index (χ1v) is 4.86. The Balaban J connectivity index is 2.58. The molecule has 2 aromatic rings. The zero-order valence-corrected chi connectivity index (χ0v) is 8.79. The molecule has 1 aromatic carbocycles. The summed E-state index contributed by atoms with van der Waals surface area (Å²) < 4.78 is 12.7. The first-order valence-electron chi connectivity index (χ1n) is 4.86. The summed E-state index contributed by atoms with van der Waals surface area (Å²) in [4.78, 5) is 3.67. The van der Waals surface area contributed by atoms with E-state index in [-0.39, 0.29) is 0 Å². The van der Waals surface area contributed by atoms with E-state index in [0.29, 0.717) is 0 Å².